The largest absolute Gasteiger partial charge is 0.334 e. The predicted molar refractivity (Wildman–Crippen MR) is 95.3 cm³/mol. The summed E-state index contributed by atoms with van der Waals surface area (Å²) in [6.45, 7) is 6.31. The number of allylic oxidation sites excluding steroid dienone is 2. The lowest BCUT2D eigenvalue weighted by atomic mass is 9.73. The highest BCUT2D eigenvalue weighted by Gasteiger charge is 2.37. The van der Waals surface area contributed by atoms with E-state index in [2.05, 4.69) is 46.8 Å². The van der Waals surface area contributed by atoms with Crippen LogP contribution in [0.4, 0.5) is 0 Å². The molecule has 0 aliphatic carbocycles. The zero-order chi connectivity index (χ0) is 17.0. The molecule has 0 amide bonds. The average Bonchev–Trinajstić information content (AvgIpc) is 3.02. The van der Waals surface area contributed by atoms with Crippen molar-refractivity contribution >= 4 is 33.9 Å². The van der Waals surface area contributed by atoms with Crippen LogP contribution in [0, 0.1) is 16.7 Å². The van der Waals surface area contributed by atoms with Gasteiger partial charge in [-0.25, -0.2) is 0 Å². The van der Waals surface area contributed by atoms with Crippen molar-refractivity contribution in [3.63, 3.8) is 0 Å². The molecule has 120 valence electrons. The van der Waals surface area contributed by atoms with Crippen molar-refractivity contribution in [2.45, 2.75) is 26.2 Å². The van der Waals surface area contributed by atoms with Gasteiger partial charge in [0.15, 0.2) is 5.82 Å². The maximum absolute atomic E-state index is 7.41. The summed E-state index contributed by atoms with van der Waals surface area (Å²) in [6, 6.07) is 8.08. The molecule has 1 atom stereocenters. The summed E-state index contributed by atoms with van der Waals surface area (Å²) < 4.78 is 6.33. The highest BCUT2D eigenvalue weighted by atomic mass is 79.9. The van der Waals surface area contributed by atoms with Gasteiger partial charge in [-0.2, -0.15) is 4.98 Å². The Hall–Kier alpha value is -2.08. The normalized spacial score (nSPS) is 14.6. The highest BCUT2D eigenvalue weighted by molar-refractivity contribution is 9.10. The zero-order valence-corrected chi connectivity index (χ0v) is 14.9. The van der Waals surface area contributed by atoms with Gasteiger partial charge in [0, 0.05) is 16.9 Å². The molecular formula is C17H19BrN4O. The molecule has 5 nitrogen and oxygen atoms in total. The molecule has 2 N–H and O–H groups in total. The molecule has 6 heteroatoms. The van der Waals surface area contributed by atoms with Crippen molar-refractivity contribution in [3.05, 3.63) is 52.1 Å². The summed E-state index contributed by atoms with van der Waals surface area (Å²) >= 11 is 3.45. The van der Waals surface area contributed by atoms with Crippen molar-refractivity contribution in [2.75, 3.05) is 0 Å². The number of rotatable bonds is 6. The van der Waals surface area contributed by atoms with Gasteiger partial charge in [-0.3, -0.25) is 0 Å². The SMILES string of the molecule is CC(C)C(C)(c1ccc(Br)cc1)c1noc(/C(C=N)=C/C=N)n1. The van der Waals surface area contributed by atoms with Crippen LogP contribution in [0.25, 0.3) is 5.57 Å². The van der Waals surface area contributed by atoms with E-state index in [-0.39, 0.29) is 11.8 Å². The number of nitrogens with zero attached hydrogens (tertiary/aromatic N) is 2. The Labute approximate surface area is 144 Å². The predicted octanol–water partition coefficient (Wildman–Crippen LogP) is 4.48. The minimum Gasteiger partial charge on any atom is -0.334 e. The van der Waals surface area contributed by atoms with E-state index in [9.17, 15) is 0 Å². The lowest BCUT2D eigenvalue weighted by molar-refractivity contribution is 0.345. The van der Waals surface area contributed by atoms with Crippen molar-refractivity contribution in [3.8, 4) is 0 Å². The third-order valence-electron chi connectivity index (χ3n) is 4.15. The zero-order valence-electron chi connectivity index (χ0n) is 13.3. The van der Waals surface area contributed by atoms with E-state index >= 15 is 0 Å². The summed E-state index contributed by atoms with van der Waals surface area (Å²) in [5, 5.41) is 18.7. The first kappa shape index (κ1) is 17.3. The van der Waals surface area contributed by atoms with Gasteiger partial charge in [0.25, 0.3) is 5.89 Å². The third kappa shape index (κ3) is 3.32. The van der Waals surface area contributed by atoms with Crippen LogP contribution in [-0.2, 0) is 5.41 Å². The van der Waals surface area contributed by atoms with Crippen LogP contribution in [0.2, 0.25) is 0 Å². The second-order valence-corrected chi connectivity index (χ2v) is 6.64. The van der Waals surface area contributed by atoms with Crippen molar-refractivity contribution < 1.29 is 4.52 Å². The van der Waals surface area contributed by atoms with Crippen LogP contribution in [0.3, 0.4) is 0 Å². The van der Waals surface area contributed by atoms with Gasteiger partial charge in [-0.15, -0.1) is 0 Å². The Bertz CT molecular complexity index is 733. The molecule has 2 rings (SSSR count). The smallest absolute Gasteiger partial charge is 0.259 e. The molecule has 0 saturated heterocycles. The molecule has 2 aromatic rings. The molecule has 0 bridgehead atoms. The Morgan fingerprint density at radius 3 is 2.43 bits per heavy atom. The second kappa shape index (κ2) is 7.00. The first-order valence-electron chi connectivity index (χ1n) is 7.25. The number of hydrogen-bond donors (Lipinski definition) is 2. The molecule has 0 aliphatic rings. The molecule has 0 spiro atoms. The number of hydrogen-bond acceptors (Lipinski definition) is 5. The molecule has 0 saturated carbocycles. The molecule has 23 heavy (non-hydrogen) atoms. The molecular weight excluding hydrogens is 356 g/mol. The molecule has 0 aliphatic heterocycles. The summed E-state index contributed by atoms with van der Waals surface area (Å²) in [6.07, 6.45) is 3.66. The molecule has 1 aromatic heterocycles. The number of halogens is 1. The standard InChI is InChI=1S/C17H19BrN4O/c1-11(2)17(3,13-4-6-14(18)7-5-13)16-21-15(23-22-16)12(10-20)8-9-19/h4-11,19-20H,1-3H3/b12-8+,19-9?,20-10?. The molecule has 0 radical (unpaired) electrons. The third-order valence-corrected chi connectivity index (χ3v) is 4.68. The van der Waals surface area contributed by atoms with Crippen LogP contribution in [-0.4, -0.2) is 22.6 Å². The Morgan fingerprint density at radius 2 is 1.91 bits per heavy atom. The Balaban J connectivity index is 2.53. The first-order chi connectivity index (χ1) is 10.9. The lowest BCUT2D eigenvalue weighted by Gasteiger charge is -2.31. The van der Waals surface area contributed by atoms with E-state index in [0.29, 0.717) is 11.4 Å². The molecule has 0 fully saturated rings. The van der Waals surface area contributed by atoms with Crippen LogP contribution in [0.1, 0.15) is 38.0 Å². The van der Waals surface area contributed by atoms with Crippen molar-refractivity contribution in [1.29, 1.82) is 10.8 Å². The van der Waals surface area contributed by atoms with E-state index in [4.69, 9.17) is 15.3 Å². The molecule has 1 heterocycles. The van der Waals surface area contributed by atoms with E-state index in [0.717, 1.165) is 22.5 Å². The summed E-state index contributed by atoms with van der Waals surface area (Å²) in [7, 11) is 0. The van der Waals surface area contributed by atoms with E-state index in [1.54, 1.807) is 0 Å². The quantitative estimate of drug-likeness (QED) is 0.730. The van der Waals surface area contributed by atoms with Gasteiger partial charge < -0.3 is 15.3 Å². The van der Waals surface area contributed by atoms with Crippen molar-refractivity contribution in [1.82, 2.24) is 10.1 Å². The fraction of sp³-hybridized carbons (Fsp3) is 0.294. The first-order valence-corrected chi connectivity index (χ1v) is 8.04. The fourth-order valence-corrected chi connectivity index (χ4v) is 2.60. The van der Waals surface area contributed by atoms with Crippen LogP contribution in [0.5, 0.6) is 0 Å². The number of benzene rings is 1. The highest BCUT2D eigenvalue weighted by Crippen LogP contribution is 2.38. The van der Waals surface area contributed by atoms with Crippen molar-refractivity contribution in [2.24, 2.45) is 5.92 Å². The fourth-order valence-electron chi connectivity index (χ4n) is 2.34. The number of aromatic nitrogens is 2. The molecule has 1 aromatic carbocycles. The Morgan fingerprint density at radius 1 is 1.26 bits per heavy atom. The maximum atomic E-state index is 7.41. The topological polar surface area (TPSA) is 86.6 Å². The minimum atomic E-state index is -0.416. The second-order valence-electron chi connectivity index (χ2n) is 5.72. The van der Waals surface area contributed by atoms with Gasteiger partial charge in [-0.05, 0) is 36.6 Å². The lowest BCUT2D eigenvalue weighted by Crippen LogP contribution is -2.31. The van der Waals surface area contributed by atoms with Gasteiger partial charge >= 0.3 is 0 Å². The van der Waals surface area contributed by atoms with Gasteiger partial charge in [-0.1, -0.05) is 47.1 Å². The van der Waals surface area contributed by atoms with E-state index < -0.39 is 5.41 Å². The van der Waals surface area contributed by atoms with E-state index in [1.165, 1.54) is 6.08 Å². The van der Waals surface area contributed by atoms with E-state index in [1.807, 2.05) is 24.3 Å². The van der Waals surface area contributed by atoms with Crippen LogP contribution >= 0.6 is 15.9 Å². The van der Waals surface area contributed by atoms with Gasteiger partial charge in [0.05, 0.1) is 11.0 Å². The number of nitrogens with one attached hydrogen (secondary N) is 2. The Kier molecular flexibility index (Phi) is 5.26. The summed E-state index contributed by atoms with van der Waals surface area (Å²) in [5.41, 5.74) is 1.09. The minimum absolute atomic E-state index is 0.240. The maximum Gasteiger partial charge on any atom is 0.259 e. The van der Waals surface area contributed by atoms with Gasteiger partial charge in [0.1, 0.15) is 0 Å². The molecule has 1 unspecified atom stereocenters. The van der Waals surface area contributed by atoms with Gasteiger partial charge in [0.2, 0.25) is 0 Å². The van der Waals surface area contributed by atoms with Crippen LogP contribution < -0.4 is 0 Å². The summed E-state index contributed by atoms with van der Waals surface area (Å²) in [4.78, 5) is 4.48. The average molecular weight is 375 g/mol. The monoisotopic (exact) mass is 374 g/mol. The van der Waals surface area contributed by atoms with Crippen LogP contribution in [0.15, 0.2) is 39.3 Å². The summed E-state index contributed by atoms with van der Waals surface area (Å²) in [5.74, 6) is 1.06.